The number of hydrogen-bond acceptors (Lipinski definition) is 6. The number of aryl methyl sites for hydroxylation is 1. The maximum atomic E-state index is 12.4. The SMILES string of the molecule is CCOc1ccc(C(=O)NCC(=O)OC(C)C(=O)c2ccc(CC)cc2)cc1OCC. The van der Waals surface area contributed by atoms with Crippen LogP contribution in [0.25, 0.3) is 0 Å². The van der Waals surface area contributed by atoms with Crippen LogP contribution in [0.4, 0.5) is 0 Å². The Balaban J connectivity index is 1.91. The number of Topliss-reactive ketones (excluding diaryl/α,β-unsaturated/α-hetero) is 1. The second kappa shape index (κ2) is 11.7. The number of benzene rings is 2. The molecular weight excluding hydrogens is 398 g/mol. The van der Waals surface area contributed by atoms with Crippen molar-refractivity contribution in [3.8, 4) is 11.5 Å². The molecule has 2 rings (SSSR count). The molecule has 0 aliphatic carbocycles. The molecule has 2 aromatic rings. The first kappa shape index (κ1) is 23.9. The first-order valence-electron chi connectivity index (χ1n) is 10.4. The van der Waals surface area contributed by atoms with Crippen molar-refractivity contribution in [1.82, 2.24) is 5.32 Å². The van der Waals surface area contributed by atoms with Gasteiger partial charge in [-0.05, 0) is 51.0 Å². The summed E-state index contributed by atoms with van der Waals surface area (Å²) in [5.41, 5.74) is 1.91. The summed E-state index contributed by atoms with van der Waals surface area (Å²) in [4.78, 5) is 36.9. The lowest BCUT2D eigenvalue weighted by Gasteiger charge is -2.14. The molecule has 7 heteroatoms. The number of carbonyl (C=O) groups excluding carboxylic acids is 3. The van der Waals surface area contributed by atoms with Gasteiger partial charge in [-0.2, -0.15) is 0 Å². The summed E-state index contributed by atoms with van der Waals surface area (Å²) >= 11 is 0. The van der Waals surface area contributed by atoms with E-state index in [-0.39, 0.29) is 12.3 Å². The largest absolute Gasteiger partial charge is 0.490 e. The summed E-state index contributed by atoms with van der Waals surface area (Å²) in [6.45, 7) is 7.76. The number of nitrogens with one attached hydrogen (secondary N) is 1. The van der Waals surface area contributed by atoms with Crippen LogP contribution in [0.1, 0.15) is 54.0 Å². The number of rotatable bonds is 11. The maximum Gasteiger partial charge on any atom is 0.326 e. The van der Waals surface area contributed by atoms with E-state index in [0.717, 1.165) is 12.0 Å². The lowest BCUT2D eigenvalue weighted by molar-refractivity contribution is -0.145. The Kier molecular flexibility index (Phi) is 9.06. The van der Waals surface area contributed by atoms with Crippen LogP contribution in [-0.2, 0) is 16.0 Å². The molecule has 0 radical (unpaired) electrons. The van der Waals surface area contributed by atoms with Gasteiger partial charge in [-0.3, -0.25) is 14.4 Å². The zero-order valence-electron chi connectivity index (χ0n) is 18.4. The minimum atomic E-state index is -0.952. The first-order chi connectivity index (χ1) is 14.9. The molecule has 0 aliphatic rings. The summed E-state index contributed by atoms with van der Waals surface area (Å²) in [7, 11) is 0. The van der Waals surface area contributed by atoms with Gasteiger partial charge >= 0.3 is 5.97 Å². The van der Waals surface area contributed by atoms with Crippen LogP contribution in [0.3, 0.4) is 0 Å². The van der Waals surface area contributed by atoms with Gasteiger partial charge in [0.1, 0.15) is 6.54 Å². The molecule has 0 saturated carbocycles. The van der Waals surface area contributed by atoms with Gasteiger partial charge in [-0.15, -0.1) is 0 Å². The second-order valence-corrected chi connectivity index (χ2v) is 6.76. The van der Waals surface area contributed by atoms with Gasteiger partial charge in [0, 0.05) is 11.1 Å². The Labute approximate surface area is 182 Å². The Morgan fingerprint density at radius 2 is 1.48 bits per heavy atom. The zero-order chi connectivity index (χ0) is 22.8. The molecule has 1 unspecified atom stereocenters. The number of amides is 1. The average molecular weight is 427 g/mol. The Hall–Kier alpha value is -3.35. The highest BCUT2D eigenvalue weighted by Gasteiger charge is 2.20. The van der Waals surface area contributed by atoms with E-state index < -0.39 is 18.0 Å². The average Bonchev–Trinajstić information content (AvgIpc) is 2.78. The van der Waals surface area contributed by atoms with Crippen molar-refractivity contribution >= 4 is 17.7 Å². The lowest BCUT2D eigenvalue weighted by Crippen LogP contribution is -2.34. The smallest absolute Gasteiger partial charge is 0.326 e. The van der Waals surface area contributed by atoms with Crippen LogP contribution >= 0.6 is 0 Å². The van der Waals surface area contributed by atoms with E-state index in [0.29, 0.717) is 35.8 Å². The van der Waals surface area contributed by atoms with Crippen LogP contribution in [-0.4, -0.2) is 43.5 Å². The quantitative estimate of drug-likeness (QED) is 0.435. The van der Waals surface area contributed by atoms with E-state index in [1.165, 1.54) is 6.92 Å². The van der Waals surface area contributed by atoms with Crippen molar-refractivity contribution < 1.29 is 28.6 Å². The molecule has 0 aliphatic heterocycles. The zero-order valence-corrected chi connectivity index (χ0v) is 18.4. The predicted molar refractivity (Wildman–Crippen MR) is 117 cm³/mol. The van der Waals surface area contributed by atoms with Crippen molar-refractivity contribution in [2.45, 2.75) is 40.2 Å². The molecule has 0 fully saturated rings. The predicted octanol–water partition coefficient (Wildman–Crippen LogP) is 3.59. The van der Waals surface area contributed by atoms with Crippen LogP contribution in [0.5, 0.6) is 11.5 Å². The molecule has 1 N–H and O–H groups in total. The summed E-state index contributed by atoms with van der Waals surface area (Å²) in [6.07, 6.45) is -0.0778. The Bertz CT molecular complexity index is 907. The summed E-state index contributed by atoms with van der Waals surface area (Å²) in [5, 5.41) is 2.50. The fourth-order valence-electron chi connectivity index (χ4n) is 2.88. The van der Waals surface area contributed by atoms with Gasteiger partial charge in [0.05, 0.1) is 13.2 Å². The third-order valence-electron chi connectivity index (χ3n) is 4.52. The van der Waals surface area contributed by atoms with Gasteiger partial charge in [0.2, 0.25) is 5.78 Å². The highest BCUT2D eigenvalue weighted by Crippen LogP contribution is 2.28. The van der Waals surface area contributed by atoms with Gasteiger partial charge in [0.15, 0.2) is 17.6 Å². The Morgan fingerprint density at radius 1 is 0.871 bits per heavy atom. The minimum Gasteiger partial charge on any atom is -0.490 e. The van der Waals surface area contributed by atoms with Crippen LogP contribution in [0.2, 0.25) is 0 Å². The summed E-state index contributed by atoms with van der Waals surface area (Å²) in [5.74, 6) is -0.465. The molecule has 0 saturated heterocycles. The van der Waals surface area contributed by atoms with Crippen molar-refractivity contribution in [3.63, 3.8) is 0 Å². The van der Waals surface area contributed by atoms with E-state index in [1.54, 1.807) is 30.3 Å². The molecule has 0 heterocycles. The monoisotopic (exact) mass is 427 g/mol. The van der Waals surface area contributed by atoms with Crippen LogP contribution in [0.15, 0.2) is 42.5 Å². The van der Waals surface area contributed by atoms with Gasteiger partial charge in [-0.25, -0.2) is 0 Å². The number of hydrogen-bond donors (Lipinski definition) is 1. The van der Waals surface area contributed by atoms with E-state index >= 15 is 0 Å². The highest BCUT2D eigenvalue weighted by molar-refractivity contribution is 6.00. The standard InChI is InChI=1S/C24H29NO6/c1-5-17-8-10-18(11-9-17)23(27)16(4)31-22(26)15-25-24(28)19-12-13-20(29-6-2)21(14-19)30-7-3/h8-14,16H,5-7,15H2,1-4H3,(H,25,28). The van der Waals surface area contributed by atoms with Gasteiger partial charge in [-0.1, -0.05) is 31.2 Å². The molecule has 0 aromatic heterocycles. The molecular formula is C24H29NO6. The van der Waals surface area contributed by atoms with Crippen molar-refractivity contribution in [2.75, 3.05) is 19.8 Å². The van der Waals surface area contributed by atoms with Crippen molar-refractivity contribution in [2.24, 2.45) is 0 Å². The summed E-state index contributed by atoms with van der Waals surface area (Å²) in [6, 6.07) is 12.0. The third kappa shape index (κ3) is 6.84. The molecule has 2 aromatic carbocycles. The molecule has 0 bridgehead atoms. The number of esters is 1. The molecule has 7 nitrogen and oxygen atoms in total. The number of ether oxygens (including phenoxy) is 3. The Morgan fingerprint density at radius 3 is 2.10 bits per heavy atom. The van der Waals surface area contributed by atoms with Gasteiger partial charge < -0.3 is 19.5 Å². The summed E-state index contributed by atoms with van der Waals surface area (Å²) < 4.78 is 16.2. The van der Waals surface area contributed by atoms with Crippen LogP contribution in [0, 0.1) is 0 Å². The highest BCUT2D eigenvalue weighted by atomic mass is 16.5. The normalized spacial score (nSPS) is 11.4. The van der Waals surface area contributed by atoms with E-state index in [9.17, 15) is 14.4 Å². The van der Waals surface area contributed by atoms with Crippen LogP contribution < -0.4 is 14.8 Å². The second-order valence-electron chi connectivity index (χ2n) is 6.76. The molecule has 0 spiro atoms. The fourth-order valence-corrected chi connectivity index (χ4v) is 2.88. The van der Waals surface area contributed by atoms with Crippen molar-refractivity contribution in [3.05, 3.63) is 59.2 Å². The van der Waals surface area contributed by atoms with E-state index in [2.05, 4.69) is 5.32 Å². The minimum absolute atomic E-state index is 0.296. The molecule has 31 heavy (non-hydrogen) atoms. The maximum absolute atomic E-state index is 12.4. The lowest BCUT2D eigenvalue weighted by atomic mass is 10.0. The van der Waals surface area contributed by atoms with E-state index in [1.807, 2.05) is 32.9 Å². The molecule has 1 amide bonds. The topological polar surface area (TPSA) is 90.9 Å². The molecule has 166 valence electrons. The van der Waals surface area contributed by atoms with E-state index in [4.69, 9.17) is 14.2 Å². The molecule has 1 atom stereocenters. The first-order valence-corrected chi connectivity index (χ1v) is 10.4. The number of ketones is 1. The van der Waals surface area contributed by atoms with Crippen molar-refractivity contribution in [1.29, 1.82) is 0 Å². The fraction of sp³-hybridized carbons (Fsp3) is 0.375. The third-order valence-corrected chi connectivity index (χ3v) is 4.52. The van der Waals surface area contributed by atoms with Gasteiger partial charge in [0.25, 0.3) is 5.91 Å². The number of carbonyl (C=O) groups is 3.